The highest BCUT2D eigenvalue weighted by atomic mass is 35.5. The van der Waals surface area contributed by atoms with Crippen molar-refractivity contribution in [2.75, 3.05) is 11.5 Å². The fourth-order valence-electron chi connectivity index (χ4n) is 3.23. The molecular weight excluding hydrogens is 571 g/mol. The monoisotopic (exact) mass is 590 g/mol. The zero-order valence-corrected chi connectivity index (χ0v) is 23.2. The minimum Gasteiger partial charge on any atom is -0.365 e. The van der Waals surface area contributed by atoms with E-state index in [4.69, 9.17) is 23.2 Å². The highest BCUT2D eigenvalue weighted by molar-refractivity contribution is 7.99. The van der Waals surface area contributed by atoms with Crippen molar-refractivity contribution in [1.29, 1.82) is 0 Å². The molecule has 2 aromatic heterocycles. The van der Waals surface area contributed by atoms with E-state index >= 15 is 0 Å². The number of ketones is 1. The van der Waals surface area contributed by atoms with Crippen LogP contribution in [0.15, 0.2) is 68.4 Å². The van der Waals surface area contributed by atoms with E-state index in [0.29, 0.717) is 42.9 Å². The van der Waals surface area contributed by atoms with Crippen molar-refractivity contribution in [3.05, 3.63) is 102 Å². The molecule has 0 amide bonds. The first-order chi connectivity index (χ1) is 18.1. The molecule has 0 saturated carbocycles. The second kappa shape index (κ2) is 11.8. The van der Waals surface area contributed by atoms with Gasteiger partial charge in [0, 0.05) is 21.2 Å². The summed E-state index contributed by atoms with van der Waals surface area (Å²) in [6.07, 6.45) is 0. The number of carbonyl (C=O) groups excluding carboxylic acids is 1. The molecule has 1 aliphatic heterocycles. The molecule has 1 unspecified atom stereocenters. The molecule has 0 spiro atoms. The average Bonchev–Trinajstić information content (AvgIpc) is 3.22. The number of thioether (sulfide) groups is 2. The number of aromatic amines is 1. The number of benzene rings is 2. The number of hydrogen-bond donors (Lipinski definition) is 2. The third-order valence-electron chi connectivity index (χ3n) is 5.34. The molecule has 196 valence electrons. The number of carbonyl (C=O) groups is 1. The average molecular weight is 592 g/mol. The molecule has 0 aliphatic carbocycles. The Kier molecular flexibility index (Phi) is 8.68. The van der Waals surface area contributed by atoms with Crippen LogP contribution in [0.1, 0.15) is 27.3 Å². The molecule has 3 heterocycles. The summed E-state index contributed by atoms with van der Waals surface area (Å²) in [6, 6.07) is 13.5. The van der Waals surface area contributed by atoms with Gasteiger partial charge in [0.15, 0.2) is 21.8 Å². The maximum Gasteiger partial charge on any atom is 0.295 e. The van der Waals surface area contributed by atoms with Gasteiger partial charge in [0.25, 0.3) is 11.1 Å². The van der Waals surface area contributed by atoms with Gasteiger partial charge in [-0.2, -0.15) is 10.1 Å². The number of aromatic nitrogens is 6. The molecular formula is C24H20Cl2N6O4S2. The summed E-state index contributed by atoms with van der Waals surface area (Å²) in [5, 5.41) is 24.4. The number of halogens is 2. The van der Waals surface area contributed by atoms with Gasteiger partial charge in [-0.25, -0.2) is 4.68 Å². The normalized spacial score (nSPS) is 15.9. The molecule has 10 nitrogen and oxygen atoms in total. The van der Waals surface area contributed by atoms with E-state index in [1.54, 1.807) is 62.4 Å². The van der Waals surface area contributed by atoms with Gasteiger partial charge in [-0.05, 0) is 50.2 Å². The molecule has 2 aromatic carbocycles. The number of Topliss-reactive ketones (excluding diaryl/α,β-unsaturated/α-hetero) is 1. The van der Waals surface area contributed by atoms with Crippen molar-refractivity contribution < 1.29 is 9.90 Å². The summed E-state index contributed by atoms with van der Waals surface area (Å²) in [5.74, 6) is 0.470. The van der Waals surface area contributed by atoms with Crippen LogP contribution in [0.5, 0.6) is 0 Å². The van der Waals surface area contributed by atoms with Gasteiger partial charge < -0.3 is 5.11 Å². The van der Waals surface area contributed by atoms with Crippen molar-refractivity contribution in [2.24, 2.45) is 0 Å². The van der Waals surface area contributed by atoms with Gasteiger partial charge in [-0.1, -0.05) is 58.9 Å². The van der Waals surface area contributed by atoms with Crippen LogP contribution in [0.4, 0.5) is 0 Å². The molecule has 1 aliphatic rings. The van der Waals surface area contributed by atoms with Gasteiger partial charge >= 0.3 is 0 Å². The van der Waals surface area contributed by atoms with Crippen molar-refractivity contribution >= 4 is 52.5 Å². The molecule has 0 saturated heterocycles. The predicted octanol–water partition coefficient (Wildman–Crippen LogP) is 3.50. The Morgan fingerprint density at radius 1 is 1.05 bits per heavy atom. The first kappa shape index (κ1) is 28.0. The van der Waals surface area contributed by atoms with Crippen molar-refractivity contribution in [3.8, 4) is 0 Å². The Balaban J connectivity index is 0.000000177. The lowest BCUT2D eigenvalue weighted by Crippen LogP contribution is -2.37. The van der Waals surface area contributed by atoms with E-state index in [0.717, 1.165) is 11.8 Å². The SMILES string of the molecule is Cc1nn2c(nc1=O)SCC2(O)c1ccc(Cl)cc1.Cc1nnc(SCC(=O)c2ccc(Cl)cc2)[nH]c1=O. The number of nitrogens with zero attached hydrogens (tertiary/aromatic N) is 5. The zero-order valence-electron chi connectivity index (χ0n) is 20.0. The van der Waals surface area contributed by atoms with E-state index in [2.05, 4.69) is 25.3 Å². The molecule has 14 heteroatoms. The van der Waals surface area contributed by atoms with E-state index < -0.39 is 5.72 Å². The smallest absolute Gasteiger partial charge is 0.295 e. The topological polar surface area (TPSA) is 144 Å². The summed E-state index contributed by atoms with van der Waals surface area (Å²) in [5.41, 5.74) is -0.154. The predicted molar refractivity (Wildman–Crippen MR) is 146 cm³/mol. The number of hydrogen-bond acceptors (Lipinski definition) is 10. The Morgan fingerprint density at radius 3 is 2.32 bits per heavy atom. The van der Waals surface area contributed by atoms with Gasteiger partial charge in [-0.15, -0.1) is 10.2 Å². The lowest BCUT2D eigenvalue weighted by molar-refractivity contribution is 0.0116. The van der Waals surface area contributed by atoms with E-state index in [9.17, 15) is 19.5 Å². The standard InChI is InChI=1S/2C12H10ClN3O2S/c1-7-10(17)14-11-16(15-7)12(18,6-19-11)8-2-4-9(13)5-3-8;1-7-11(18)14-12(16-15-7)19-6-10(17)8-2-4-9(13)5-3-8/h2-5,18H,6H2,1H3;2-5H,6H2,1H3,(H,14,16,18). The van der Waals surface area contributed by atoms with Crippen LogP contribution in [0.3, 0.4) is 0 Å². The van der Waals surface area contributed by atoms with Crippen molar-refractivity contribution in [2.45, 2.75) is 29.9 Å². The summed E-state index contributed by atoms with van der Waals surface area (Å²) in [4.78, 5) is 41.1. The lowest BCUT2D eigenvalue weighted by Gasteiger charge is -2.24. The number of aryl methyl sites for hydroxylation is 2. The summed E-state index contributed by atoms with van der Waals surface area (Å²) in [7, 11) is 0. The first-order valence-electron chi connectivity index (χ1n) is 11.0. The van der Waals surface area contributed by atoms with Crippen molar-refractivity contribution in [3.63, 3.8) is 0 Å². The summed E-state index contributed by atoms with van der Waals surface area (Å²) in [6.45, 7) is 3.15. The maximum atomic E-state index is 11.9. The lowest BCUT2D eigenvalue weighted by atomic mass is 10.1. The van der Waals surface area contributed by atoms with Crippen LogP contribution in [0.25, 0.3) is 0 Å². The second-order valence-corrected chi connectivity index (χ2v) is 10.9. The number of rotatable bonds is 5. The number of nitrogens with one attached hydrogen (secondary N) is 1. The van der Waals surface area contributed by atoms with Crippen LogP contribution in [0, 0.1) is 13.8 Å². The molecule has 5 rings (SSSR count). The quantitative estimate of drug-likeness (QED) is 0.261. The molecule has 0 bridgehead atoms. The largest absolute Gasteiger partial charge is 0.365 e. The zero-order chi connectivity index (χ0) is 27.4. The Bertz CT molecular complexity index is 1600. The Labute approximate surface area is 234 Å². The van der Waals surface area contributed by atoms with Crippen LogP contribution < -0.4 is 11.1 Å². The van der Waals surface area contributed by atoms with Crippen LogP contribution in [-0.4, -0.2) is 52.3 Å². The molecule has 0 radical (unpaired) electrons. The van der Waals surface area contributed by atoms with Gasteiger partial charge in [0.2, 0.25) is 0 Å². The summed E-state index contributed by atoms with van der Waals surface area (Å²) >= 11 is 14.0. The highest BCUT2D eigenvalue weighted by Crippen LogP contribution is 2.38. The van der Waals surface area contributed by atoms with E-state index in [1.807, 2.05) is 0 Å². The molecule has 4 aromatic rings. The first-order valence-corrected chi connectivity index (χ1v) is 13.7. The van der Waals surface area contributed by atoms with Gasteiger partial charge in [-0.3, -0.25) is 19.4 Å². The second-order valence-electron chi connectivity index (χ2n) is 8.07. The third kappa shape index (κ3) is 6.33. The molecule has 38 heavy (non-hydrogen) atoms. The van der Waals surface area contributed by atoms with Crippen LogP contribution in [0.2, 0.25) is 10.0 Å². The summed E-state index contributed by atoms with van der Waals surface area (Å²) < 4.78 is 1.40. The fraction of sp³-hybridized carbons (Fsp3) is 0.208. The van der Waals surface area contributed by atoms with Crippen LogP contribution in [-0.2, 0) is 5.72 Å². The minimum atomic E-state index is -1.30. The maximum absolute atomic E-state index is 11.9. The molecule has 2 N–H and O–H groups in total. The fourth-order valence-corrected chi connectivity index (χ4v) is 5.26. The number of H-pyrrole nitrogens is 1. The highest BCUT2D eigenvalue weighted by Gasteiger charge is 2.40. The Morgan fingerprint density at radius 2 is 1.68 bits per heavy atom. The molecule has 0 fully saturated rings. The third-order valence-corrected chi connectivity index (χ3v) is 7.78. The number of aliphatic hydroxyl groups is 1. The number of fused-ring (bicyclic) bond motifs is 1. The minimum absolute atomic E-state index is 0.0649. The van der Waals surface area contributed by atoms with Gasteiger partial charge in [0.05, 0.1) is 11.5 Å². The Hall–Kier alpha value is -3.03. The van der Waals surface area contributed by atoms with E-state index in [1.165, 1.54) is 16.4 Å². The molecule has 1 atom stereocenters. The van der Waals surface area contributed by atoms with Crippen LogP contribution >= 0.6 is 46.7 Å². The van der Waals surface area contributed by atoms with Crippen molar-refractivity contribution in [1.82, 2.24) is 29.9 Å². The van der Waals surface area contributed by atoms with Gasteiger partial charge in [0.1, 0.15) is 11.4 Å². The van der Waals surface area contributed by atoms with E-state index in [-0.39, 0.29) is 28.3 Å².